The maximum absolute atomic E-state index is 13.9. The van der Waals surface area contributed by atoms with Crippen LogP contribution in [0.3, 0.4) is 0 Å². The maximum atomic E-state index is 13.9. The van der Waals surface area contributed by atoms with E-state index in [-0.39, 0.29) is 23.7 Å². The van der Waals surface area contributed by atoms with Crippen molar-refractivity contribution in [3.63, 3.8) is 0 Å². The van der Waals surface area contributed by atoms with Gasteiger partial charge in [-0.05, 0) is 72.0 Å². The zero-order valence-electron chi connectivity index (χ0n) is 21.9. The van der Waals surface area contributed by atoms with Crippen LogP contribution in [-0.4, -0.2) is 39.4 Å². The molecule has 0 aliphatic heterocycles. The molecule has 1 unspecified atom stereocenters. The summed E-state index contributed by atoms with van der Waals surface area (Å²) < 4.78 is 13.9. The Kier molecular flexibility index (Phi) is 8.54. The lowest BCUT2D eigenvalue weighted by molar-refractivity contribution is -0.135. The lowest BCUT2D eigenvalue weighted by Gasteiger charge is -2.21. The van der Waals surface area contributed by atoms with Crippen molar-refractivity contribution >= 4 is 17.6 Å². The highest BCUT2D eigenvalue weighted by molar-refractivity contribution is 6.01. The minimum absolute atomic E-state index is 0.225. The van der Waals surface area contributed by atoms with Gasteiger partial charge in [-0.15, -0.1) is 0 Å². The molecule has 1 atom stereocenters. The molecule has 9 heteroatoms. The van der Waals surface area contributed by atoms with E-state index in [1.165, 1.54) is 18.3 Å². The number of halogens is 1. The van der Waals surface area contributed by atoms with E-state index in [1.807, 2.05) is 31.2 Å². The van der Waals surface area contributed by atoms with E-state index < -0.39 is 18.4 Å². The summed E-state index contributed by atoms with van der Waals surface area (Å²) in [5, 5.41) is 24.5. The number of amides is 1. The van der Waals surface area contributed by atoms with Gasteiger partial charge in [-0.3, -0.25) is 14.4 Å². The number of carbonyl (C=O) groups excluding carboxylic acids is 1. The number of aromatic nitrogens is 1. The summed E-state index contributed by atoms with van der Waals surface area (Å²) in [5.74, 6) is -2.22. The molecule has 0 radical (unpaired) electrons. The number of nitrogens with one attached hydrogen (secondary N) is 2. The van der Waals surface area contributed by atoms with Gasteiger partial charge in [-0.25, -0.2) is 4.39 Å². The van der Waals surface area contributed by atoms with Crippen molar-refractivity contribution in [1.29, 1.82) is 0 Å². The number of carboxylic acids is 1. The number of aryl methyl sites for hydroxylation is 2. The SMILES string of the molecule is Cc1cc(F)ccc1C(C/C(=N\O)c1c[nH]c(=O)c(C)c1)c1ccc(-c2ccc(C(=O)NCC(=O)O)cc2)cc1. The largest absolute Gasteiger partial charge is 0.480 e. The Balaban J connectivity index is 1.64. The molecule has 0 spiro atoms. The average Bonchev–Trinajstić information content (AvgIpc) is 2.95. The second-order valence-corrected chi connectivity index (χ2v) is 9.48. The van der Waals surface area contributed by atoms with Crippen LogP contribution in [0, 0.1) is 19.7 Å². The summed E-state index contributed by atoms with van der Waals surface area (Å²) in [6, 6.07) is 20.8. The van der Waals surface area contributed by atoms with Gasteiger partial charge in [0.25, 0.3) is 11.5 Å². The fourth-order valence-electron chi connectivity index (χ4n) is 4.59. The Morgan fingerprint density at radius 3 is 2.15 bits per heavy atom. The van der Waals surface area contributed by atoms with Crippen molar-refractivity contribution in [2.45, 2.75) is 26.2 Å². The van der Waals surface area contributed by atoms with Crippen LogP contribution in [0.2, 0.25) is 0 Å². The first kappa shape index (κ1) is 28.0. The van der Waals surface area contributed by atoms with Gasteiger partial charge in [0.15, 0.2) is 0 Å². The number of hydrogen-bond donors (Lipinski definition) is 4. The molecule has 0 fully saturated rings. The normalized spacial score (nSPS) is 12.1. The number of benzene rings is 3. The molecule has 1 aromatic heterocycles. The number of aliphatic carboxylic acids is 1. The zero-order chi connectivity index (χ0) is 28.8. The smallest absolute Gasteiger partial charge is 0.322 e. The topological polar surface area (TPSA) is 132 Å². The van der Waals surface area contributed by atoms with Crippen LogP contribution in [-0.2, 0) is 4.79 Å². The summed E-state index contributed by atoms with van der Waals surface area (Å²) in [6.07, 6.45) is 1.79. The molecule has 204 valence electrons. The van der Waals surface area contributed by atoms with Crippen LogP contribution in [0.1, 0.15) is 50.5 Å². The molecule has 4 N–H and O–H groups in total. The monoisotopic (exact) mass is 541 g/mol. The van der Waals surface area contributed by atoms with Crippen molar-refractivity contribution in [2.24, 2.45) is 5.16 Å². The number of rotatable bonds is 9. The van der Waals surface area contributed by atoms with E-state index in [0.29, 0.717) is 22.4 Å². The van der Waals surface area contributed by atoms with Gasteiger partial charge >= 0.3 is 5.97 Å². The fourth-order valence-corrected chi connectivity index (χ4v) is 4.59. The molecule has 0 aliphatic carbocycles. The summed E-state index contributed by atoms with van der Waals surface area (Å²) in [4.78, 5) is 37.3. The molecule has 0 bridgehead atoms. The zero-order valence-corrected chi connectivity index (χ0v) is 21.9. The fraction of sp³-hybridized carbons (Fsp3) is 0.161. The third kappa shape index (κ3) is 6.50. The minimum atomic E-state index is -1.12. The lowest BCUT2D eigenvalue weighted by atomic mass is 9.83. The quantitative estimate of drug-likeness (QED) is 0.134. The maximum Gasteiger partial charge on any atom is 0.322 e. The van der Waals surface area contributed by atoms with Crippen molar-refractivity contribution in [3.8, 4) is 11.1 Å². The number of nitrogens with zero attached hydrogens (tertiary/aromatic N) is 1. The molecular weight excluding hydrogens is 513 g/mol. The van der Waals surface area contributed by atoms with E-state index in [2.05, 4.69) is 15.5 Å². The molecule has 0 saturated carbocycles. The highest BCUT2D eigenvalue weighted by Crippen LogP contribution is 2.33. The van der Waals surface area contributed by atoms with Crippen molar-refractivity contribution in [3.05, 3.63) is 129 Å². The number of H-pyrrole nitrogens is 1. The van der Waals surface area contributed by atoms with Crippen LogP contribution >= 0.6 is 0 Å². The van der Waals surface area contributed by atoms with Gasteiger partial charge < -0.3 is 20.6 Å². The Labute approximate surface area is 229 Å². The predicted octanol–water partition coefficient (Wildman–Crippen LogP) is 5.01. The number of oxime groups is 1. The Morgan fingerprint density at radius 2 is 1.57 bits per heavy atom. The highest BCUT2D eigenvalue weighted by Gasteiger charge is 2.21. The third-order valence-electron chi connectivity index (χ3n) is 6.74. The van der Waals surface area contributed by atoms with Crippen molar-refractivity contribution < 1.29 is 24.3 Å². The van der Waals surface area contributed by atoms with Gasteiger partial charge in [0.2, 0.25) is 0 Å². The van der Waals surface area contributed by atoms with Gasteiger partial charge in [-0.1, -0.05) is 47.6 Å². The van der Waals surface area contributed by atoms with E-state index in [0.717, 1.165) is 27.8 Å². The molecule has 0 saturated heterocycles. The number of hydrogen-bond acceptors (Lipinski definition) is 5. The first-order chi connectivity index (χ1) is 19.2. The van der Waals surface area contributed by atoms with E-state index in [9.17, 15) is 24.0 Å². The van der Waals surface area contributed by atoms with Crippen molar-refractivity contribution in [1.82, 2.24) is 10.3 Å². The molecular formula is C31H28FN3O5. The molecule has 1 amide bonds. The van der Waals surface area contributed by atoms with Gasteiger partial charge in [0.05, 0.1) is 5.71 Å². The summed E-state index contributed by atoms with van der Waals surface area (Å²) >= 11 is 0. The minimum Gasteiger partial charge on any atom is -0.480 e. The molecule has 1 heterocycles. The number of carboxylic acid groups (broad SMARTS) is 1. The third-order valence-corrected chi connectivity index (χ3v) is 6.74. The van der Waals surface area contributed by atoms with E-state index in [4.69, 9.17) is 5.11 Å². The highest BCUT2D eigenvalue weighted by atomic mass is 19.1. The second kappa shape index (κ2) is 12.2. The number of pyridine rings is 1. The molecule has 4 aromatic rings. The first-order valence-electron chi connectivity index (χ1n) is 12.5. The van der Waals surface area contributed by atoms with E-state index >= 15 is 0 Å². The standard InChI is InChI=1S/C31H28FN3O5/c1-18-14-25(32)11-12-26(18)27(15-28(35-40)24-13-19(2)30(38)33-16-24)22-7-3-20(4-8-22)21-5-9-23(10-6-21)31(39)34-17-29(36)37/h3-14,16,27,40H,15,17H2,1-2H3,(H,33,38)(H,34,39)(H,36,37)/b35-28+. The van der Waals surface area contributed by atoms with Gasteiger partial charge in [0.1, 0.15) is 12.4 Å². The predicted molar refractivity (Wildman–Crippen MR) is 150 cm³/mol. The molecule has 0 aliphatic rings. The number of aromatic amines is 1. The van der Waals surface area contributed by atoms with E-state index in [1.54, 1.807) is 43.3 Å². The van der Waals surface area contributed by atoms with Crippen LogP contribution in [0.25, 0.3) is 11.1 Å². The Morgan fingerprint density at radius 1 is 0.925 bits per heavy atom. The van der Waals surface area contributed by atoms with Crippen LogP contribution in [0.15, 0.2) is 88.9 Å². The average molecular weight is 542 g/mol. The first-order valence-corrected chi connectivity index (χ1v) is 12.5. The van der Waals surface area contributed by atoms with Crippen LogP contribution < -0.4 is 10.9 Å². The summed E-state index contributed by atoms with van der Waals surface area (Å²) in [5.41, 5.74) is 5.84. The second-order valence-electron chi connectivity index (χ2n) is 9.48. The van der Waals surface area contributed by atoms with Crippen LogP contribution in [0.4, 0.5) is 4.39 Å². The molecule has 8 nitrogen and oxygen atoms in total. The Bertz CT molecular complexity index is 1630. The summed E-state index contributed by atoms with van der Waals surface area (Å²) in [7, 11) is 0. The van der Waals surface area contributed by atoms with Crippen LogP contribution in [0.5, 0.6) is 0 Å². The number of carbonyl (C=O) groups is 2. The molecule has 3 aromatic carbocycles. The lowest BCUT2D eigenvalue weighted by Crippen LogP contribution is -2.29. The Hall–Kier alpha value is -5.05. The van der Waals surface area contributed by atoms with Crippen molar-refractivity contribution in [2.75, 3.05) is 6.54 Å². The summed E-state index contributed by atoms with van der Waals surface area (Å²) in [6.45, 7) is 3.04. The van der Waals surface area contributed by atoms with Gasteiger partial charge in [-0.2, -0.15) is 0 Å². The van der Waals surface area contributed by atoms with Gasteiger partial charge in [0, 0.05) is 35.2 Å². The molecule has 4 rings (SSSR count). The molecule has 40 heavy (non-hydrogen) atoms.